The summed E-state index contributed by atoms with van der Waals surface area (Å²) in [4.78, 5) is 15.0. The zero-order valence-corrected chi connectivity index (χ0v) is 18.5. The van der Waals surface area contributed by atoms with E-state index in [1.807, 2.05) is 19.1 Å². The average molecular weight is 430 g/mol. The maximum Gasteiger partial charge on any atom is 0.261 e. The number of hydrogen-bond acceptors (Lipinski definition) is 4. The molecule has 0 spiro atoms. The van der Waals surface area contributed by atoms with Crippen LogP contribution in [0.4, 0.5) is 5.69 Å². The number of nitrogens with one attached hydrogen (secondary N) is 2. The van der Waals surface area contributed by atoms with Crippen molar-refractivity contribution in [1.29, 1.82) is 0 Å². The summed E-state index contributed by atoms with van der Waals surface area (Å²) in [5.41, 5.74) is 1.88. The summed E-state index contributed by atoms with van der Waals surface area (Å²) in [5.74, 6) is 0.555. The lowest BCUT2D eigenvalue weighted by Crippen LogP contribution is -2.35. The Kier molecular flexibility index (Phi) is 7.50. The van der Waals surface area contributed by atoms with E-state index in [0.29, 0.717) is 17.8 Å². The van der Waals surface area contributed by atoms with Crippen LogP contribution >= 0.6 is 0 Å². The van der Waals surface area contributed by atoms with Crippen molar-refractivity contribution in [1.82, 2.24) is 10.2 Å². The maximum atomic E-state index is 12.7. The molecule has 3 rings (SSSR count). The third-order valence-corrected chi connectivity index (χ3v) is 6.90. The molecule has 2 aromatic rings. The van der Waals surface area contributed by atoms with E-state index in [1.165, 1.54) is 25.0 Å². The summed E-state index contributed by atoms with van der Waals surface area (Å²) < 4.78 is 27.9. The summed E-state index contributed by atoms with van der Waals surface area (Å²) in [5, 5.41) is 2.90. The number of nitrogens with zero attached hydrogens (tertiary/aromatic N) is 1. The SMILES string of the molecule is Cc1ccc(NS(=O)(=O)c2cccc(C(=O)NCCCN3CCC(C)CC3)c2)cc1. The van der Waals surface area contributed by atoms with Crippen LogP contribution in [0.15, 0.2) is 53.4 Å². The van der Waals surface area contributed by atoms with Crippen LogP contribution in [0, 0.1) is 12.8 Å². The van der Waals surface area contributed by atoms with Gasteiger partial charge in [0.2, 0.25) is 0 Å². The second-order valence-electron chi connectivity index (χ2n) is 8.13. The van der Waals surface area contributed by atoms with Gasteiger partial charge in [-0.2, -0.15) is 0 Å². The quantitative estimate of drug-likeness (QED) is 0.628. The Morgan fingerprint density at radius 2 is 1.80 bits per heavy atom. The van der Waals surface area contributed by atoms with Gasteiger partial charge in [0.1, 0.15) is 0 Å². The topological polar surface area (TPSA) is 78.5 Å². The Bertz CT molecular complexity index is 950. The number of piperidine rings is 1. The van der Waals surface area contributed by atoms with Crippen LogP contribution in [0.25, 0.3) is 0 Å². The number of aryl methyl sites for hydroxylation is 1. The van der Waals surface area contributed by atoms with Crippen LogP contribution in [0.2, 0.25) is 0 Å². The van der Waals surface area contributed by atoms with Gasteiger partial charge in [-0.3, -0.25) is 9.52 Å². The molecular weight excluding hydrogens is 398 g/mol. The average Bonchev–Trinajstić information content (AvgIpc) is 2.74. The Labute approximate surface area is 179 Å². The molecule has 162 valence electrons. The van der Waals surface area contributed by atoms with Gasteiger partial charge in [0, 0.05) is 17.8 Å². The molecule has 0 saturated carbocycles. The van der Waals surface area contributed by atoms with Gasteiger partial charge in [-0.1, -0.05) is 30.7 Å². The lowest BCUT2D eigenvalue weighted by atomic mass is 9.99. The molecule has 1 heterocycles. The molecule has 1 aliphatic heterocycles. The predicted octanol–water partition coefficient (Wildman–Crippen LogP) is 3.65. The number of amides is 1. The van der Waals surface area contributed by atoms with Crippen molar-refractivity contribution in [2.24, 2.45) is 5.92 Å². The summed E-state index contributed by atoms with van der Waals surface area (Å²) in [6.45, 7) is 8.03. The molecule has 2 aromatic carbocycles. The number of hydrogen-bond donors (Lipinski definition) is 2. The number of carbonyl (C=O) groups excluding carboxylic acids is 1. The van der Waals surface area contributed by atoms with Gasteiger partial charge in [0.25, 0.3) is 15.9 Å². The number of rotatable bonds is 8. The molecule has 2 N–H and O–H groups in total. The molecule has 30 heavy (non-hydrogen) atoms. The van der Waals surface area contributed by atoms with Gasteiger partial charge in [-0.15, -0.1) is 0 Å². The van der Waals surface area contributed by atoms with Crippen molar-refractivity contribution in [2.75, 3.05) is 30.9 Å². The number of likely N-dealkylation sites (tertiary alicyclic amines) is 1. The highest BCUT2D eigenvalue weighted by Gasteiger charge is 2.17. The highest BCUT2D eigenvalue weighted by Crippen LogP contribution is 2.18. The smallest absolute Gasteiger partial charge is 0.261 e. The number of carbonyl (C=O) groups is 1. The first-order valence-corrected chi connectivity index (χ1v) is 12.0. The molecule has 6 nitrogen and oxygen atoms in total. The van der Waals surface area contributed by atoms with E-state index in [0.717, 1.165) is 37.5 Å². The molecular formula is C23H31N3O3S. The van der Waals surface area contributed by atoms with E-state index < -0.39 is 10.0 Å². The molecule has 1 aliphatic rings. The minimum absolute atomic E-state index is 0.0677. The van der Waals surface area contributed by atoms with Gasteiger partial charge < -0.3 is 10.2 Å². The number of benzene rings is 2. The van der Waals surface area contributed by atoms with E-state index in [1.54, 1.807) is 24.3 Å². The number of sulfonamides is 1. The van der Waals surface area contributed by atoms with Crippen LogP contribution < -0.4 is 10.0 Å². The van der Waals surface area contributed by atoms with Crippen molar-refractivity contribution in [3.63, 3.8) is 0 Å². The fourth-order valence-corrected chi connectivity index (χ4v) is 4.64. The Morgan fingerprint density at radius 3 is 2.50 bits per heavy atom. The fourth-order valence-electron chi connectivity index (χ4n) is 3.53. The van der Waals surface area contributed by atoms with Crippen LogP contribution in [-0.2, 0) is 10.0 Å². The van der Waals surface area contributed by atoms with Gasteiger partial charge in [-0.25, -0.2) is 8.42 Å². The lowest BCUT2D eigenvalue weighted by molar-refractivity contribution is 0.0950. The zero-order valence-electron chi connectivity index (χ0n) is 17.7. The van der Waals surface area contributed by atoms with Gasteiger partial charge in [0.15, 0.2) is 0 Å². The van der Waals surface area contributed by atoms with Crippen LogP contribution in [0.3, 0.4) is 0 Å². The van der Waals surface area contributed by atoms with E-state index in [-0.39, 0.29) is 10.8 Å². The van der Waals surface area contributed by atoms with Crippen LogP contribution in [-0.4, -0.2) is 45.4 Å². The largest absolute Gasteiger partial charge is 0.352 e. The second kappa shape index (κ2) is 10.1. The molecule has 0 aromatic heterocycles. The van der Waals surface area contributed by atoms with E-state index in [4.69, 9.17) is 0 Å². The van der Waals surface area contributed by atoms with E-state index in [9.17, 15) is 13.2 Å². The predicted molar refractivity (Wildman–Crippen MR) is 120 cm³/mol. The van der Waals surface area contributed by atoms with Gasteiger partial charge in [0.05, 0.1) is 4.90 Å². The summed E-state index contributed by atoms with van der Waals surface area (Å²) in [7, 11) is -3.76. The van der Waals surface area contributed by atoms with Crippen molar-refractivity contribution in [3.8, 4) is 0 Å². The standard InChI is InChI=1S/C23H31N3O3S/c1-18-7-9-21(10-8-18)25-30(28,29)22-6-3-5-20(17-22)23(27)24-13-4-14-26-15-11-19(2)12-16-26/h3,5-10,17,19,25H,4,11-16H2,1-2H3,(H,24,27). The molecule has 0 atom stereocenters. The molecule has 0 bridgehead atoms. The molecule has 0 radical (unpaired) electrons. The van der Waals surface area contributed by atoms with Crippen molar-refractivity contribution in [3.05, 3.63) is 59.7 Å². The first-order valence-electron chi connectivity index (χ1n) is 10.5. The first-order chi connectivity index (χ1) is 14.3. The highest BCUT2D eigenvalue weighted by molar-refractivity contribution is 7.92. The summed E-state index contributed by atoms with van der Waals surface area (Å²) in [6.07, 6.45) is 3.36. The van der Waals surface area contributed by atoms with E-state index >= 15 is 0 Å². The summed E-state index contributed by atoms with van der Waals surface area (Å²) >= 11 is 0. The molecule has 7 heteroatoms. The second-order valence-corrected chi connectivity index (χ2v) is 9.82. The lowest BCUT2D eigenvalue weighted by Gasteiger charge is -2.30. The third kappa shape index (κ3) is 6.31. The molecule has 0 unspecified atom stereocenters. The minimum atomic E-state index is -3.76. The molecule has 1 saturated heterocycles. The minimum Gasteiger partial charge on any atom is -0.352 e. The van der Waals surface area contributed by atoms with Crippen molar-refractivity contribution >= 4 is 21.6 Å². The fraction of sp³-hybridized carbons (Fsp3) is 0.435. The molecule has 0 aliphatic carbocycles. The van der Waals surface area contributed by atoms with E-state index in [2.05, 4.69) is 21.9 Å². The Morgan fingerprint density at radius 1 is 1.10 bits per heavy atom. The Hall–Kier alpha value is -2.38. The first kappa shape index (κ1) is 22.3. The highest BCUT2D eigenvalue weighted by atomic mass is 32.2. The van der Waals surface area contributed by atoms with Gasteiger partial charge in [-0.05, 0) is 82.1 Å². The van der Waals surface area contributed by atoms with Gasteiger partial charge >= 0.3 is 0 Å². The van der Waals surface area contributed by atoms with Crippen LogP contribution in [0.5, 0.6) is 0 Å². The van der Waals surface area contributed by atoms with Crippen molar-refractivity contribution < 1.29 is 13.2 Å². The molecule has 1 fully saturated rings. The monoisotopic (exact) mass is 429 g/mol. The van der Waals surface area contributed by atoms with Crippen LogP contribution in [0.1, 0.15) is 42.1 Å². The third-order valence-electron chi connectivity index (χ3n) is 5.52. The zero-order chi connectivity index (χ0) is 21.6. The number of anilines is 1. The normalized spacial score (nSPS) is 15.7. The Balaban J connectivity index is 1.53. The maximum absolute atomic E-state index is 12.7. The molecule has 1 amide bonds. The van der Waals surface area contributed by atoms with Crippen molar-refractivity contribution in [2.45, 2.75) is 38.0 Å². The summed E-state index contributed by atoms with van der Waals surface area (Å²) in [6, 6.07) is 13.2.